The molecule has 2 heteroatoms. The van der Waals surface area contributed by atoms with E-state index in [1.807, 2.05) is 6.92 Å². The molecule has 0 saturated heterocycles. The van der Waals surface area contributed by atoms with Crippen molar-refractivity contribution in [3.63, 3.8) is 0 Å². The predicted octanol–water partition coefficient (Wildman–Crippen LogP) is 2.38. The first-order chi connectivity index (χ1) is 6.79. The molecule has 0 radical (unpaired) electrons. The third kappa shape index (κ3) is 1.12. The van der Waals surface area contributed by atoms with Crippen LogP contribution >= 0.6 is 0 Å². The molecule has 0 aliphatic heterocycles. The molecule has 0 aromatic rings. The monoisotopic (exact) mass is 194 g/mol. The first-order valence-corrected chi connectivity index (χ1v) is 5.95. The lowest BCUT2D eigenvalue weighted by Crippen LogP contribution is -2.17. The van der Waals surface area contributed by atoms with Gasteiger partial charge in [0.15, 0.2) is 0 Å². The highest BCUT2D eigenvalue weighted by Gasteiger charge is 2.70. The van der Waals surface area contributed by atoms with E-state index < -0.39 is 0 Å². The van der Waals surface area contributed by atoms with Gasteiger partial charge in [-0.2, -0.15) is 0 Å². The van der Waals surface area contributed by atoms with E-state index in [1.165, 1.54) is 25.7 Å². The van der Waals surface area contributed by atoms with Crippen LogP contribution in [0.1, 0.15) is 39.0 Å². The number of rotatable bonds is 4. The van der Waals surface area contributed by atoms with Crippen molar-refractivity contribution >= 4 is 5.97 Å². The molecule has 3 aliphatic carbocycles. The summed E-state index contributed by atoms with van der Waals surface area (Å²) in [5, 5.41) is 0. The molecule has 78 valence electrons. The Kier molecular flexibility index (Phi) is 1.71. The summed E-state index contributed by atoms with van der Waals surface area (Å²) in [5.74, 6) is 2.13. The van der Waals surface area contributed by atoms with Crippen LogP contribution in [0.15, 0.2) is 0 Å². The van der Waals surface area contributed by atoms with Crippen molar-refractivity contribution in [1.82, 2.24) is 0 Å². The summed E-state index contributed by atoms with van der Waals surface area (Å²) in [4.78, 5) is 11.7. The molecule has 0 aromatic heterocycles. The van der Waals surface area contributed by atoms with Gasteiger partial charge < -0.3 is 4.74 Å². The predicted molar refractivity (Wildman–Crippen MR) is 52.6 cm³/mol. The quantitative estimate of drug-likeness (QED) is 0.642. The average molecular weight is 194 g/mol. The molecule has 2 nitrogen and oxygen atoms in total. The van der Waals surface area contributed by atoms with Crippen molar-refractivity contribution in [2.45, 2.75) is 39.0 Å². The molecular formula is C12H18O2. The maximum absolute atomic E-state index is 11.7. The summed E-state index contributed by atoms with van der Waals surface area (Å²) in [7, 11) is 0. The Balaban J connectivity index is 1.69. The number of ether oxygens (including phenoxy) is 1. The highest BCUT2D eigenvalue weighted by Crippen LogP contribution is 2.74. The van der Waals surface area contributed by atoms with Gasteiger partial charge in [0.1, 0.15) is 0 Å². The van der Waals surface area contributed by atoms with Crippen LogP contribution in [0.2, 0.25) is 0 Å². The smallest absolute Gasteiger partial charge is 0.309 e. The number of hydrogen-bond donors (Lipinski definition) is 0. The molecule has 1 atom stereocenters. The van der Waals surface area contributed by atoms with Gasteiger partial charge in [-0.1, -0.05) is 0 Å². The van der Waals surface area contributed by atoms with Crippen molar-refractivity contribution in [2.75, 3.05) is 6.61 Å². The molecular weight excluding hydrogens is 176 g/mol. The van der Waals surface area contributed by atoms with Gasteiger partial charge >= 0.3 is 5.97 Å². The molecule has 3 fully saturated rings. The fourth-order valence-electron chi connectivity index (χ4n) is 3.32. The van der Waals surface area contributed by atoms with Gasteiger partial charge in [-0.15, -0.1) is 0 Å². The summed E-state index contributed by atoms with van der Waals surface area (Å²) < 4.78 is 5.14. The van der Waals surface area contributed by atoms with Gasteiger partial charge in [0.05, 0.1) is 12.5 Å². The minimum Gasteiger partial charge on any atom is -0.466 e. The fourth-order valence-corrected chi connectivity index (χ4v) is 3.32. The van der Waals surface area contributed by atoms with Gasteiger partial charge in [-0.05, 0) is 56.3 Å². The number of carbonyl (C=O) groups excluding carboxylic acids is 1. The Morgan fingerprint density at radius 2 is 1.86 bits per heavy atom. The highest BCUT2D eigenvalue weighted by molar-refractivity contribution is 5.77. The topological polar surface area (TPSA) is 26.3 Å². The van der Waals surface area contributed by atoms with Gasteiger partial charge in [0, 0.05) is 0 Å². The molecule has 0 aromatic carbocycles. The molecule has 3 saturated carbocycles. The summed E-state index contributed by atoms with van der Waals surface area (Å²) in [6.45, 7) is 2.44. The van der Waals surface area contributed by atoms with E-state index in [1.54, 1.807) is 0 Å². The third-order valence-corrected chi connectivity index (χ3v) is 4.29. The molecule has 3 rings (SSSR count). The van der Waals surface area contributed by atoms with Crippen LogP contribution in [0.4, 0.5) is 0 Å². The first-order valence-electron chi connectivity index (χ1n) is 5.95. The number of esters is 1. The van der Waals surface area contributed by atoms with E-state index in [-0.39, 0.29) is 11.9 Å². The fraction of sp³-hybridized carbons (Fsp3) is 0.917. The Morgan fingerprint density at radius 1 is 1.29 bits per heavy atom. The summed E-state index contributed by atoms with van der Waals surface area (Å²) in [6, 6.07) is 0. The zero-order chi connectivity index (χ0) is 9.76. The zero-order valence-electron chi connectivity index (χ0n) is 8.79. The Morgan fingerprint density at radius 3 is 2.29 bits per heavy atom. The van der Waals surface area contributed by atoms with Crippen molar-refractivity contribution in [1.29, 1.82) is 0 Å². The lowest BCUT2D eigenvalue weighted by atomic mass is 9.91. The molecule has 14 heavy (non-hydrogen) atoms. The van der Waals surface area contributed by atoms with E-state index in [4.69, 9.17) is 4.74 Å². The molecule has 3 aliphatic rings. The minimum atomic E-state index is 0.0892. The standard InChI is InChI=1S/C12H18O2/c1-2-14-11(13)10-7-12(10,8-3-4-8)9-5-6-9/h8-10H,2-7H2,1H3. The van der Waals surface area contributed by atoms with Gasteiger partial charge in [0.25, 0.3) is 0 Å². The normalized spacial score (nSPS) is 33.9. The van der Waals surface area contributed by atoms with Crippen molar-refractivity contribution < 1.29 is 9.53 Å². The molecule has 0 N–H and O–H groups in total. The van der Waals surface area contributed by atoms with Crippen LogP contribution in [0, 0.1) is 23.2 Å². The van der Waals surface area contributed by atoms with Crippen LogP contribution in [0.5, 0.6) is 0 Å². The number of hydrogen-bond acceptors (Lipinski definition) is 2. The third-order valence-electron chi connectivity index (χ3n) is 4.29. The molecule has 0 amide bonds. The molecule has 0 heterocycles. The SMILES string of the molecule is CCOC(=O)C1CC1(C1CC1)C1CC1. The van der Waals surface area contributed by atoms with Crippen LogP contribution < -0.4 is 0 Å². The first kappa shape index (κ1) is 8.75. The number of carbonyl (C=O) groups is 1. The zero-order valence-corrected chi connectivity index (χ0v) is 8.79. The van der Waals surface area contributed by atoms with E-state index in [0.29, 0.717) is 12.0 Å². The van der Waals surface area contributed by atoms with Gasteiger partial charge in [-0.3, -0.25) is 4.79 Å². The van der Waals surface area contributed by atoms with E-state index in [9.17, 15) is 4.79 Å². The second-order valence-electron chi connectivity index (χ2n) is 5.17. The largest absolute Gasteiger partial charge is 0.466 e. The van der Waals surface area contributed by atoms with Crippen LogP contribution in [-0.4, -0.2) is 12.6 Å². The highest BCUT2D eigenvalue weighted by atomic mass is 16.5. The molecule has 0 bridgehead atoms. The second-order valence-corrected chi connectivity index (χ2v) is 5.17. The Hall–Kier alpha value is -0.530. The molecule has 0 spiro atoms. The second kappa shape index (κ2) is 2.74. The van der Waals surface area contributed by atoms with Crippen LogP contribution in [0.25, 0.3) is 0 Å². The summed E-state index contributed by atoms with van der Waals surface area (Å²) >= 11 is 0. The molecule has 1 unspecified atom stereocenters. The van der Waals surface area contributed by atoms with Crippen molar-refractivity contribution in [3.05, 3.63) is 0 Å². The van der Waals surface area contributed by atoms with Crippen LogP contribution in [0.3, 0.4) is 0 Å². The average Bonchev–Trinajstić information content (AvgIpc) is 2.96. The summed E-state index contributed by atoms with van der Waals surface area (Å²) in [5.41, 5.74) is 0.437. The summed E-state index contributed by atoms with van der Waals surface area (Å²) in [6.07, 6.45) is 6.61. The Labute approximate surface area is 85.0 Å². The van der Waals surface area contributed by atoms with Gasteiger partial charge in [0.2, 0.25) is 0 Å². The van der Waals surface area contributed by atoms with Crippen LogP contribution in [-0.2, 0) is 9.53 Å². The lowest BCUT2D eigenvalue weighted by molar-refractivity contribution is -0.146. The minimum absolute atomic E-state index is 0.0892. The van der Waals surface area contributed by atoms with E-state index in [0.717, 1.165) is 18.3 Å². The maximum atomic E-state index is 11.7. The van der Waals surface area contributed by atoms with Crippen molar-refractivity contribution in [2.24, 2.45) is 23.2 Å². The lowest BCUT2D eigenvalue weighted by Gasteiger charge is -2.14. The van der Waals surface area contributed by atoms with E-state index in [2.05, 4.69) is 0 Å². The van der Waals surface area contributed by atoms with E-state index >= 15 is 0 Å². The maximum Gasteiger partial charge on any atom is 0.309 e. The van der Waals surface area contributed by atoms with Gasteiger partial charge in [-0.25, -0.2) is 0 Å². The van der Waals surface area contributed by atoms with Crippen molar-refractivity contribution in [3.8, 4) is 0 Å². The Bertz CT molecular complexity index is 251.